The fraction of sp³-hybridized carbons (Fsp3) is 0.818. The molecule has 3 N–H and O–H groups in total. The first-order valence-corrected chi connectivity index (χ1v) is 5.71. The Hall–Kier alpha value is -1.10. The first kappa shape index (κ1) is 13.0. The van der Waals surface area contributed by atoms with Gasteiger partial charge in [0.2, 0.25) is 5.91 Å². The number of carbonyl (C=O) groups excluding carboxylic acids is 1. The first-order chi connectivity index (χ1) is 7.41. The SMILES string of the molecule is CC(NC(C)C(C)C(=O)O)C(=O)NC1CC1. The molecule has 1 rings (SSSR count). The third-order valence-electron chi connectivity index (χ3n) is 2.97. The van der Waals surface area contributed by atoms with Crippen LogP contribution >= 0.6 is 0 Å². The molecule has 1 fully saturated rings. The largest absolute Gasteiger partial charge is 0.481 e. The molecule has 5 heteroatoms. The number of carboxylic acid groups (broad SMARTS) is 1. The van der Waals surface area contributed by atoms with Crippen LogP contribution in [0.3, 0.4) is 0 Å². The molecule has 1 aliphatic rings. The number of amides is 1. The minimum Gasteiger partial charge on any atom is -0.481 e. The zero-order valence-corrected chi connectivity index (χ0v) is 9.99. The number of carbonyl (C=O) groups is 2. The molecule has 5 nitrogen and oxygen atoms in total. The maximum atomic E-state index is 11.6. The molecule has 16 heavy (non-hydrogen) atoms. The zero-order valence-electron chi connectivity index (χ0n) is 9.99. The molecule has 1 amide bonds. The highest BCUT2D eigenvalue weighted by molar-refractivity contribution is 5.82. The molecule has 92 valence electrons. The van der Waals surface area contributed by atoms with E-state index >= 15 is 0 Å². The summed E-state index contributed by atoms with van der Waals surface area (Å²) in [5, 5.41) is 14.7. The van der Waals surface area contributed by atoms with E-state index in [9.17, 15) is 9.59 Å². The molecule has 0 aromatic rings. The van der Waals surface area contributed by atoms with Crippen molar-refractivity contribution in [2.24, 2.45) is 5.92 Å². The zero-order chi connectivity index (χ0) is 12.3. The highest BCUT2D eigenvalue weighted by Crippen LogP contribution is 2.18. The second-order valence-corrected chi connectivity index (χ2v) is 4.59. The van der Waals surface area contributed by atoms with Gasteiger partial charge in [-0.05, 0) is 26.7 Å². The highest BCUT2D eigenvalue weighted by Gasteiger charge is 2.27. The van der Waals surface area contributed by atoms with Gasteiger partial charge < -0.3 is 15.7 Å². The first-order valence-electron chi connectivity index (χ1n) is 5.71. The van der Waals surface area contributed by atoms with E-state index in [0.29, 0.717) is 6.04 Å². The number of hydrogen-bond acceptors (Lipinski definition) is 3. The van der Waals surface area contributed by atoms with Crippen LogP contribution in [0.5, 0.6) is 0 Å². The van der Waals surface area contributed by atoms with Crippen molar-refractivity contribution in [3.63, 3.8) is 0 Å². The van der Waals surface area contributed by atoms with Crippen molar-refractivity contribution in [3.8, 4) is 0 Å². The average molecular weight is 228 g/mol. The van der Waals surface area contributed by atoms with Crippen LogP contribution in [-0.4, -0.2) is 35.1 Å². The summed E-state index contributed by atoms with van der Waals surface area (Å²) in [5.41, 5.74) is 0. The Bertz CT molecular complexity index is 276. The van der Waals surface area contributed by atoms with Crippen LogP contribution in [0.25, 0.3) is 0 Å². The van der Waals surface area contributed by atoms with Crippen LogP contribution in [0.1, 0.15) is 33.6 Å². The molecular formula is C11H20N2O3. The van der Waals surface area contributed by atoms with Crippen molar-refractivity contribution in [2.75, 3.05) is 0 Å². The van der Waals surface area contributed by atoms with Crippen molar-refractivity contribution >= 4 is 11.9 Å². The summed E-state index contributed by atoms with van der Waals surface area (Å²) in [7, 11) is 0. The fourth-order valence-corrected chi connectivity index (χ4v) is 1.38. The van der Waals surface area contributed by atoms with Gasteiger partial charge in [-0.3, -0.25) is 9.59 Å². The molecule has 1 aliphatic carbocycles. The number of rotatable bonds is 6. The Labute approximate surface area is 95.6 Å². The Morgan fingerprint density at radius 1 is 1.25 bits per heavy atom. The monoisotopic (exact) mass is 228 g/mol. The summed E-state index contributed by atoms with van der Waals surface area (Å²) in [4.78, 5) is 22.3. The van der Waals surface area contributed by atoms with Gasteiger partial charge in [-0.1, -0.05) is 6.92 Å². The highest BCUT2D eigenvalue weighted by atomic mass is 16.4. The van der Waals surface area contributed by atoms with Crippen molar-refractivity contribution in [1.29, 1.82) is 0 Å². The average Bonchev–Trinajstić information content (AvgIpc) is 2.99. The Kier molecular flexibility index (Phi) is 4.29. The molecule has 0 aromatic carbocycles. The van der Waals surface area contributed by atoms with E-state index in [2.05, 4.69) is 10.6 Å². The van der Waals surface area contributed by atoms with Gasteiger partial charge in [0.15, 0.2) is 0 Å². The summed E-state index contributed by atoms with van der Waals surface area (Å²) in [6, 6.07) is -0.237. The van der Waals surface area contributed by atoms with Gasteiger partial charge >= 0.3 is 5.97 Å². The number of aliphatic carboxylic acids is 1. The molecule has 0 aromatic heterocycles. The lowest BCUT2D eigenvalue weighted by Crippen LogP contribution is -2.49. The Balaban J connectivity index is 2.33. The van der Waals surface area contributed by atoms with Gasteiger partial charge in [0, 0.05) is 12.1 Å². The molecule has 0 spiro atoms. The summed E-state index contributed by atoms with van der Waals surface area (Å²) in [6.07, 6.45) is 2.11. The second kappa shape index (κ2) is 5.30. The number of carboxylic acids is 1. The predicted octanol–water partition coefficient (Wildman–Crippen LogP) is 0.352. The van der Waals surface area contributed by atoms with E-state index in [0.717, 1.165) is 12.8 Å². The van der Waals surface area contributed by atoms with E-state index < -0.39 is 11.9 Å². The quantitative estimate of drug-likeness (QED) is 0.613. The van der Waals surface area contributed by atoms with Crippen molar-refractivity contribution in [2.45, 2.75) is 51.7 Å². The maximum Gasteiger partial charge on any atom is 0.307 e. The van der Waals surface area contributed by atoms with Crippen LogP contribution < -0.4 is 10.6 Å². The normalized spacial score (nSPS) is 20.9. The van der Waals surface area contributed by atoms with Crippen LogP contribution in [0.4, 0.5) is 0 Å². The molecule has 0 saturated heterocycles. The summed E-state index contributed by atoms with van der Waals surface area (Å²) < 4.78 is 0. The molecule has 1 saturated carbocycles. The van der Waals surface area contributed by atoms with Gasteiger partial charge in [0.25, 0.3) is 0 Å². The van der Waals surface area contributed by atoms with E-state index in [4.69, 9.17) is 5.11 Å². The van der Waals surface area contributed by atoms with Crippen LogP contribution in [0.2, 0.25) is 0 Å². The number of nitrogens with one attached hydrogen (secondary N) is 2. The lowest BCUT2D eigenvalue weighted by molar-refractivity contribution is -0.142. The third kappa shape index (κ3) is 3.81. The minimum atomic E-state index is -0.852. The molecular weight excluding hydrogens is 208 g/mol. The maximum absolute atomic E-state index is 11.6. The van der Waals surface area contributed by atoms with Gasteiger partial charge in [-0.2, -0.15) is 0 Å². The van der Waals surface area contributed by atoms with E-state index in [1.165, 1.54) is 0 Å². The van der Waals surface area contributed by atoms with Crippen molar-refractivity contribution < 1.29 is 14.7 Å². The van der Waals surface area contributed by atoms with E-state index in [1.807, 2.05) is 0 Å². The molecule has 0 aliphatic heterocycles. The third-order valence-corrected chi connectivity index (χ3v) is 2.97. The Morgan fingerprint density at radius 2 is 1.81 bits per heavy atom. The predicted molar refractivity (Wildman–Crippen MR) is 60.0 cm³/mol. The van der Waals surface area contributed by atoms with Crippen molar-refractivity contribution in [3.05, 3.63) is 0 Å². The van der Waals surface area contributed by atoms with E-state index in [-0.39, 0.29) is 18.0 Å². The van der Waals surface area contributed by atoms with Crippen LogP contribution in [0.15, 0.2) is 0 Å². The molecule has 3 atom stereocenters. The number of hydrogen-bond donors (Lipinski definition) is 3. The van der Waals surface area contributed by atoms with Crippen molar-refractivity contribution in [1.82, 2.24) is 10.6 Å². The van der Waals surface area contributed by atoms with E-state index in [1.54, 1.807) is 20.8 Å². The molecule has 3 unspecified atom stereocenters. The topological polar surface area (TPSA) is 78.4 Å². The van der Waals surface area contributed by atoms with Crippen LogP contribution in [-0.2, 0) is 9.59 Å². The lowest BCUT2D eigenvalue weighted by Gasteiger charge is -2.22. The van der Waals surface area contributed by atoms with Gasteiger partial charge in [0.1, 0.15) is 0 Å². The fourth-order valence-electron chi connectivity index (χ4n) is 1.38. The lowest BCUT2D eigenvalue weighted by atomic mass is 10.0. The molecule has 0 radical (unpaired) electrons. The van der Waals surface area contributed by atoms with Gasteiger partial charge in [-0.25, -0.2) is 0 Å². The van der Waals surface area contributed by atoms with Gasteiger partial charge in [0.05, 0.1) is 12.0 Å². The second-order valence-electron chi connectivity index (χ2n) is 4.59. The van der Waals surface area contributed by atoms with Crippen LogP contribution in [0, 0.1) is 5.92 Å². The molecule has 0 heterocycles. The summed E-state index contributed by atoms with van der Waals surface area (Å²) >= 11 is 0. The standard InChI is InChI=1S/C11H20N2O3/c1-6(11(15)16)7(2)12-8(3)10(14)13-9-4-5-9/h6-9,12H,4-5H2,1-3H3,(H,13,14)(H,15,16). The smallest absolute Gasteiger partial charge is 0.307 e. The molecule has 0 bridgehead atoms. The minimum absolute atomic E-state index is 0.0491. The summed E-state index contributed by atoms with van der Waals surface area (Å²) in [6.45, 7) is 5.16. The summed E-state index contributed by atoms with van der Waals surface area (Å²) in [5.74, 6) is -1.40. The Morgan fingerprint density at radius 3 is 2.25 bits per heavy atom. The van der Waals surface area contributed by atoms with Gasteiger partial charge in [-0.15, -0.1) is 0 Å².